The van der Waals surface area contributed by atoms with Gasteiger partial charge in [0.2, 0.25) is 10.0 Å². The predicted octanol–water partition coefficient (Wildman–Crippen LogP) is 0.963. The normalized spacial score (nSPS) is 18.9. The zero-order chi connectivity index (χ0) is 10.2. The van der Waals surface area contributed by atoms with E-state index >= 15 is 0 Å². The predicted molar refractivity (Wildman–Crippen MR) is 68.5 cm³/mol. The van der Waals surface area contributed by atoms with E-state index in [2.05, 4.69) is 5.32 Å². The summed E-state index contributed by atoms with van der Waals surface area (Å²) in [7, 11) is -3.50. The van der Waals surface area contributed by atoms with Crippen molar-refractivity contribution < 1.29 is 8.42 Å². The summed E-state index contributed by atoms with van der Waals surface area (Å²) in [6, 6.07) is 7.47. The molecule has 0 saturated heterocycles. The van der Waals surface area contributed by atoms with E-state index < -0.39 is 15.3 Å². The van der Waals surface area contributed by atoms with Crippen molar-refractivity contribution in [3.8, 4) is 0 Å². The molecule has 0 spiro atoms. The fraction of sp³-hybridized carbons (Fsp3) is 0.333. The highest BCUT2D eigenvalue weighted by atomic mass is 35.5. The van der Waals surface area contributed by atoms with Gasteiger partial charge in [0.15, 0.2) is 0 Å². The van der Waals surface area contributed by atoms with Crippen LogP contribution in [0.5, 0.6) is 0 Å². The molecule has 0 bridgehead atoms. The SMILES string of the molecule is Cl.Cl.NS(=O)(=O)C1CNCc2ccccc21. The second-order valence-electron chi connectivity index (χ2n) is 3.41. The minimum atomic E-state index is -3.50. The lowest BCUT2D eigenvalue weighted by Crippen LogP contribution is -2.35. The van der Waals surface area contributed by atoms with Crippen molar-refractivity contribution in [2.24, 2.45) is 5.14 Å². The zero-order valence-electron chi connectivity index (χ0n) is 8.42. The van der Waals surface area contributed by atoms with Crippen molar-refractivity contribution in [2.45, 2.75) is 11.8 Å². The number of nitrogens with one attached hydrogen (secondary N) is 1. The van der Waals surface area contributed by atoms with Gasteiger partial charge in [0.05, 0.1) is 0 Å². The lowest BCUT2D eigenvalue weighted by atomic mass is 10.0. The Morgan fingerprint density at radius 3 is 2.50 bits per heavy atom. The van der Waals surface area contributed by atoms with E-state index in [9.17, 15) is 8.42 Å². The smallest absolute Gasteiger partial charge is 0.217 e. The van der Waals surface area contributed by atoms with Crippen LogP contribution in [0.15, 0.2) is 24.3 Å². The molecule has 7 heteroatoms. The van der Waals surface area contributed by atoms with E-state index in [1.807, 2.05) is 24.3 Å². The largest absolute Gasteiger partial charge is 0.311 e. The van der Waals surface area contributed by atoms with Gasteiger partial charge in [-0.3, -0.25) is 0 Å². The number of nitrogens with two attached hydrogens (primary N) is 1. The van der Waals surface area contributed by atoms with Crippen molar-refractivity contribution in [1.82, 2.24) is 5.32 Å². The molecule has 2 rings (SSSR count). The van der Waals surface area contributed by atoms with Crippen molar-refractivity contribution in [2.75, 3.05) is 6.54 Å². The molecule has 1 aliphatic rings. The van der Waals surface area contributed by atoms with Crippen LogP contribution >= 0.6 is 24.8 Å². The lowest BCUT2D eigenvalue weighted by Gasteiger charge is -2.24. The average molecular weight is 285 g/mol. The highest BCUT2D eigenvalue weighted by Gasteiger charge is 2.28. The molecular formula is C9H14Cl2N2O2S. The first kappa shape index (κ1) is 15.7. The molecule has 1 atom stereocenters. The Balaban J connectivity index is 0.00000112. The summed E-state index contributed by atoms with van der Waals surface area (Å²) in [5.41, 5.74) is 1.84. The van der Waals surface area contributed by atoms with Gasteiger partial charge in [-0.15, -0.1) is 24.8 Å². The van der Waals surface area contributed by atoms with E-state index in [-0.39, 0.29) is 24.8 Å². The van der Waals surface area contributed by atoms with Crippen LogP contribution in [-0.4, -0.2) is 15.0 Å². The van der Waals surface area contributed by atoms with Crippen molar-refractivity contribution in [1.29, 1.82) is 0 Å². The number of sulfonamides is 1. The summed E-state index contributed by atoms with van der Waals surface area (Å²) in [6.45, 7) is 1.11. The molecule has 0 fully saturated rings. The van der Waals surface area contributed by atoms with Crippen LogP contribution in [0, 0.1) is 0 Å². The summed E-state index contributed by atoms with van der Waals surface area (Å²) in [5, 5.41) is 7.59. The molecule has 1 aromatic carbocycles. The molecule has 3 N–H and O–H groups in total. The van der Waals surface area contributed by atoms with Gasteiger partial charge < -0.3 is 5.32 Å². The molecule has 0 amide bonds. The molecule has 0 saturated carbocycles. The van der Waals surface area contributed by atoms with Gasteiger partial charge in [-0.25, -0.2) is 13.6 Å². The Kier molecular flexibility index (Phi) is 5.72. The highest BCUT2D eigenvalue weighted by Crippen LogP contribution is 2.26. The van der Waals surface area contributed by atoms with Gasteiger partial charge in [0, 0.05) is 13.1 Å². The molecule has 1 unspecified atom stereocenters. The molecular weight excluding hydrogens is 271 g/mol. The second kappa shape index (κ2) is 5.84. The maximum Gasteiger partial charge on any atom is 0.217 e. The fourth-order valence-corrected chi connectivity index (χ4v) is 2.68. The number of fused-ring (bicyclic) bond motifs is 1. The molecule has 1 aliphatic heterocycles. The third-order valence-electron chi connectivity index (χ3n) is 2.44. The minimum absolute atomic E-state index is 0. The average Bonchev–Trinajstić information content (AvgIpc) is 2.15. The van der Waals surface area contributed by atoms with Gasteiger partial charge in [0.25, 0.3) is 0 Å². The standard InChI is InChI=1S/C9H12N2O2S.2ClH/c10-14(12,13)9-6-11-5-7-3-1-2-4-8(7)9;;/h1-4,9,11H,5-6H2,(H2,10,12,13);2*1H. The Bertz CT molecular complexity index is 451. The third kappa shape index (κ3) is 3.09. The zero-order valence-corrected chi connectivity index (χ0v) is 10.9. The third-order valence-corrected chi connectivity index (χ3v) is 3.66. The first-order valence-corrected chi connectivity index (χ1v) is 6.00. The minimum Gasteiger partial charge on any atom is -0.311 e. The summed E-state index contributed by atoms with van der Waals surface area (Å²) < 4.78 is 22.6. The van der Waals surface area contributed by atoms with Crippen LogP contribution in [0.4, 0.5) is 0 Å². The van der Waals surface area contributed by atoms with E-state index in [0.717, 1.165) is 11.1 Å². The van der Waals surface area contributed by atoms with Crippen LogP contribution in [0.1, 0.15) is 16.4 Å². The van der Waals surface area contributed by atoms with Crippen molar-refractivity contribution >= 4 is 34.8 Å². The highest BCUT2D eigenvalue weighted by molar-refractivity contribution is 7.89. The van der Waals surface area contributed by atoms with Gasteiger partial charge in [0.1, 0.15) is 5.25 Å². The van der Waals surface area contributed by atoms with Gasteiger partial charge in [-0.2, -0.15) is 0 Å². The number of halogens is 2. The molecule has 0 aliphatic carbocycles. The molecule has 1 heterocycles. The maximum atomic E-state index is 11.3. The van der Waals surface area contributed by atoms with Crippen molar-refractivity contribution in [3.63, 3.8) is 0 Å². The van der Waals surface area contributed by atoms with Gasteiger partial charge in [-0.1, -0.05) is 24.3 Å². The second-order valence-corrected chi connectivity index (χ2v) is 5.15. The van der Waals surface area contributed by atoms with E-state index in [1.54, 1.807) is 0 Å². The number of rotatable bonds is 1. The molecule has 4 nitrogen and oxygen atoms in total. The van der Waals surface area contributed by atoms with Gasteiger partial charge in [-0.05, 0) is 11.1 Å². The molecule has 0 aromatic heterocycles. The van der Waals surface area contributed by atoms with E-state index in [1.165, 1.54) is 0 Å². The molecule has 0 radical (unpaired) electrons. The summed E-state index contributed by atoms with van der Waals surface area (Å²) in [4.78, 5) is 0. The van der Waals surface area contributed by atoms with Crippen LogP contribution in [0.2, 0.25) is 0 Å². The summed E-state index contributed by atoms with van der Waals surface area (Å²) in [6.07, 6.45) is 0. The van der Waals surface area contributed by atoms with Crippen LogP contribution in [-0.2, 0) is 16.6 Å². The van der Waals surface area contributed by atoms with E-state index in [0.29, 0.717) is 13.1 Å². The molecule has 1 aromatic rings. The monoisotopic (exact) mass is 284 g/mol. The topological polar surface area (TPSA) is 72.2 Å². The fourth-order valence-electron chi connectivity index (χ4n) is 1.75. The number of hydrogen-bond donors (Lipinski definition) is 2. The Morgan fingerprint density at radius 1 is 1.25 bits per heavy atom. The number of hydrogen-bond acceptors (Lipinski definition) is 3. The first-order chi connectivity index (χ1) is 6.59. The van der Waals surface area contributed by atoms with Gasteiger partial charge >= 0.3 is 0 Å². The number of benzene rings is 1. The van der Waals surface area contributed by atoms with Crippen LogP contribution in [0.3, 0.4) is 0 Å². The molecule has 16 heavy (non-hydrogen) atoms. The first-order valence-electron chi connectivity index (χ1n) is 4.39. The summed E-state index contributed by atoms with van der Waals surface area (Å²) >= 11 is 0. The maximum absolute atomic E-state index is 11.3. The number of primary sulfonamides is 1. The Labute approximate surface area is 107 Å². The Hall–Kier alpha value is -0.330. The van der Waals surface area contributed by atoms with Crippen LogP contribution < -0.4 is 10.5 Å². The summed E-state index contributed by atoms with van der Waals surface area (Å²) in [5.74, 6) is 0. The Morgan fingerprint density at radius 2 is 1.88 bits per heavy atom. The quantitative estimate of drug-likeness (QED) is 0.807. The van der Waals surface area contributed by atoms with Crippen LogP contribution in [0.25, 0.3) is 0 Å². The van der Waals surface area contributed by atoms with Crippen molar-refractivity contribution in [3.05, 3.63) is 35.4 Å². The lowest BCUT2D eigenvalue weighted by molar-refractivity contribution is 0.557. The van der Waals surface area contributed by atoms with E-state index in [4.69, 9.17) is 5.14 Å². The molecule has 92 valence electrons.